The Balaban J connectivity index is 3.69. The van der Waals surface area contributed by atoms with Crippen molar-refractivity contribution in [3.8, 4) is 0 Å². The Hall–Kier alpha value is -0.120. The van der Waals surface area contributed by atoms with E-state index in [0.717, 1.165) is 26.1 Å². The first-order chi connectivity index (χ1) is 7.02. The normalized spacial score (nSPS) is 14.2. The van der Waals surface area contributed by atoms with Gasteiger partial charge in [-0.15, -0.1) is 0 Å². The summed E-state index contributed by atoms with van der Waals surface area (Å²) in [5, 5.41) is 3.37. The summed E-state index contributed by atoms with van der Waals surface area (Å²) in [6, 6.07) is 0. The van der Waals surface area contributed by atoms with E-state index in [1.807, 2.05) is 6.92 Å². The molecular weight excluding hydrogens is 190 g/mol. The molecule has 0 aliphatic rings. The molecule has 1 unspecified atom stereocenters. The maximum atomic E-state index is 5.90. The Bertz CT molecular complexity index is 149. The van der Waals surface area contributed by atoms with Crippen molar-refractivity contribution in [3.05, 3.63) is 0 Å². The molecule has 0 aromatic carbocycles. The third kappa shape index (κ3) is 8.85. The lowest BCUT2D eigenvalue weighted by Crippen LogP contribution is -2.41. The van der Waals surface area contributed by atoms with Crippen LogP contribution < -0.4 is 5.32 Å². The minimum atomic E-state index is -0.119. The standard InChI is InChI=1S/C12H27NO2/c1-6-8-13-10-12(4,5)15-11(3)9-14-7-2/h11,13H,6-10H2,1-5H3. The number of rotatable bonds is 9. The molecule has 92 valence electrons. The molecule has 0 amide bonds. The van der Waals surface area contributed by atoms with Gasteiger partial charge in [0.15, 0.2) is 0 Å². The zero-order valence-electron chi connectivity index (χ0n) is 10.9. The van der Waals surface area contributed by atoms with Gasteiger partial charge in [0.25, 0.3) is 0 Å². The van der Waals surface area contributed by atoms with E-state index in [0.29, 0.717) is 6.61 Å². The first-order valence-corrected chi connectivity index (χ1v) is 5.98. The lowest BCUT2D eigenvalue weighted by Gasteiger charge is -2.29. The quantitative estimate of drug-likeness (QED) is 0.601. The molecule has 0 fully saturated rings. The van der Waals surface area contributed by atoms with Crippen molar-refractivity contribution in [2.75, 3.05) is 26.3 Å². The third-order valence-corrected chi connectivity index (χ3v) is 2.05. The highest BCUT2D eigenvalue weighted by Gasteiger charge is 2.20. The van der Waals surface area contributed by atoms with Gasteiger partial charge in [-0.25, -0.2) is 0 Å². The topological polar surface area (TPSA) is 30.5 Å². The monoisotopic (exact) mass is 217 g/mol. The fourth-order valence-electron chi connectivity index (χ4n) is 1.47. The summed E-state index contributed by atoms with van der Waals surface area (Å²) >= 11 is 0. The number of hydrogen-bond donors (Lipinski definition) is 1. The van der Waals surface area contributed by atoms with E-state index < -0.39 is 0 Å². The number of hydrogen-bond acceptors (Lipinski definition) is 3. The van der Waals surface area contributed by atoms with Gasteiger partial charge in [-0.2, -0.15) is 0 Å². The summed E-state index contributed by atoms with van der Waals surface area (Å²) in [6.07, 6.45) is 1.31. The number of ether oxygens (including phenoxy) is 2. The van der Waals surface area contributed by atoms with Gasteiger partial charge in [-0.05, 0) is 40.7 Å². The average Bonchev–Trinajstić information content (AvgIpc) is 2.14. The van der Waals surface area contributed by atoms with Gasteiger partial charge in [0.2, 0.25) is 0 Å². The van der Waals surface area contributed by atoms with Gasteiger partial charge in [-0.3, -0.25) is 0 Å². The lowest BCUT2D eigenvalue weighted by molar-refractivity contribution is -0.0905. The maximum absolute atomic E-state index is 5.90. The molecule has 3 heteroatoms. The van der Waals surface area contributed by atoms with Crippen molar-refractivity contribution in [3.63, 3.8) is 0 Å². The summed E-state index contributed by atoms with van der Waals surface area (Å²) < 4.78 is 11.2. The van der Waals surface area contributed by atoms with Gasteiger partial charge >= 0.3 is 0 Å². The zero-order valence-corrected chi connectivity index (χ0v) is 10.9. The van der Waals surface area contributed by atoms with Gasteiger partial charge < -0.3 is 14.8 Å². The first kappa shape index (κ1) is 14.9. The van der Waals surface area contributed by atoms with E-state index in [-0.39, 0.29) is 11.7 Å². The minimum absolute atomic E-state index is 0.119. The predicted molar refractivity (Wildman–Crippen MR) is 64.3 cm³/mol. The molecule has 1 N–H and O–H groups in total. The second kappa shape index (κ2) is 8.08. The molecule has 0 aliphatic carbocycles. The highest BCUT2D eigenvalue weighted by molar-refractivity contribution is 4.73. The van der Waals surface area contributed by atoms with Crippen LogP contribution in [-0.4, -0.2) is 38.0 Å². The van der Waals surface area contributed by atoms with E-state index in [2.05, 4.69) is 33.0 Å². The van der Waals surface area contributed by atoms with E-state index in [9.17, 15) is 0 Å². The van der Waals surface area contributed by atoms with Crippen LogP contribution in [0.2, 0.25) is 0 Å². The molecule has 0 rings (SSSR count). The molecule has 0 spiro atoms. The van der Waals surface area contributed by atoms with Crippen LogP contribution in [0.4, 0.5) is 0 Å². The molecule has 0 heterocycles. The van der Waals surface area contributed by atoms with E-state index >= 15 is 0 Å². The maximum Gasteiger partial charge on any atom is 0.0788 e. The van der Waals surface area contributed by atoms with Crippen LogP contribution in [-0.2, 0) is 9.47 Å². The Labute approximate surface area is 94.5 Å². The predicted octanol–water partition coefficient (Wildman–Crippen LogP) is 2.21. The van der Waals surface area contributed by atoms with Crippen LogP contribution in [0.25, 0.3) is 0 Å². The molecule has 0 saturated heterocycles. The van der Waals surface area contributed by atoms with Crippen LogP contribution in [0, 0.1) is 0 Å². The Kier molecular flexibility index (Phi) is 8.02. The summed E-state index contributed by atoms with van der Waals surface area (Å²) in [6.45, 7) is 13.8. The molecule has 0 aromatic rings. The van der Waals surface area contributed by atoms with Crippen molar-refractivity contribution >= 4 is 0 Å². The highest BCUT2D eigenvalue weighted by Crippen LogP contribution is 2.11. The molecule has 0 aliphatic heterocycles. The number of nitrogens with one attached hydrogen (secondary N) is 1. The lowest BCUT2D eigenvalue weighted by atomic mass is 10.1. The fraction of sp³-hybridized carbons (Fsp3) is 1.00. The summed E-state index contributed by atoms with van der Waals surface area (Å²) in [4.78, 5) is 0. The molecular formula is C12H27NO2. The van der Waals surface area contributed by atoms with E-state index in [1.54, 1.807) is 0 Å². The molecule has 3 nitrogen and oxygen atoms in total. The van der Waals surface area contributed by atoms with Gasteiger partial charge in [0, 0.05) is 13.2 Å². The average molecular weight is 217 g/mol. The van der Waals surface area contributed by atoms with Crippen molar-refractivity contribution in [1.29, 1.82) is 0 Å². The van der Waals surface area contributed by atoms with Crippen molar-refractivity contribution < 1.29 is 9.47 Å². The Morgan fingerprint density at radius 2 is 1.93 bits per heavy atom. The van der Waals surface area contributed by atoms with Crippen LogP contribution in [0.5, 0.6) is 0 Å². The van der Waals surface area contributed by atoms with Crippen LogP contribution >= 0.6 is 0 Å². The van der Waals surface area contributed by atoms with Gasteiger partial charge in [0.05, 0.1) is 18.3 Å². The van der Waals surface area contributed by atoms with Crippen LogP contribution in [0.15, 0.2) is 0 Å². The van der Waals surface area contributed by atoms with Crippen molar-refractivity contribution in [2.24, 2.45) is 0 Å². The Morgan fingerprint density at radius 1 is 1.27 bits per heavy atom. The van der Waals surface area contributed by atoms with Crippen LogP contribution in [0.1, 0.15) is 41.0 Å². The van der Waals surface area contributed by atoms with Gasteiger partial charge in [0.1, 0.15) is 0 Å². The fourth-order valence-corrected chi connectivity index (χ4v) is 1.47. The minimum Gasteiger partial charge on any atom is -0.379 e. The highest BCUT2D eigenvalue weighted by atomic mass is 16.5. The van der Waals surface area contributed by atoms with E-state index in [1.165, 1.54) is 0 Å². The molecule has 1 atom stereocenters. The van der Waals surface area contributed by atoms with Crippen LogP contribution in [0.3, 0.4) is 0 Å². The molecule has 15 heavy (non-hydrogen) atoms. The first-order valence-electron chi connectivity index (χ1n) is 5.98. The molecule has 0 aromatic heterocycles. The Morgan fingerprint density at radius 3 is 2.47 bits per heavy atom. The summed E-state index contributed by atoms with van der Waals surface area (Å²) in [7, 11) is 0. The molecule has 0 bridgehead atoms. The summed E-state index contributed by atoms with van der Waals surface area (Å²) in [5.74, 6) is 0. The molecule has 0 radical (unpaired) electrons. The second-order valence-corrected chi connectivity index (χ2v) is 4.52. The third-order valence-electron chi connectivity index (χ3n) is 2.05. The van der Waals surface area contributed by atoms with E-state index in [4.69, 9.17) is 9.47 Å². The zero-order chi connectivity index (χ0) is 11.7. The smallest absolute Gasteiger partial charge is 0.0788 e. The van der Waals surface area contributed by atoms with Crippen molar-refractivity contribution in [2.45, 2.75) is 52.7 Å². The summed E-state index contributed by atoms with van der Waals surface area (Å²) in [5.41, 5.74) is -0.119. The van der Waals surface area contributed by atoms with Gasteiger partial charge in [-0.1, -0.05) is 6.92 Å². The van der Waals surface area contributed by atoms with Crippen molar-refractivity contribution in [1.82, 2.24) is 5.32 Å². The molecule has 0 saturated carbocycles. The second-order valence-electron chi connectivity index (χ2n) is 4.52. The largest absolute Gasteiger partial charge is 0.379 e. The SMILES string of the molecule is CCCNCC(C)(C)OC(C)COCC.